The standard InChI is InChI=1S/C12H13ClN4O/c1-7(8-2-4-9(13)5-3-8)16-12(18)11-10(14)6-15-17-11/h2-7H,14H2,1H3,(H,15,17)(H,16,18). The number of carbonyl (C=O) groups is 1. The molecule has 0 aliphatic heterocycles. The Balaban J connectivity index is 2.08. The summed E-state index contributed by atoms with van der Waals surface area (Å²) in [6.07, 6.45) is 1.40. The maximum absolute atomic E-state index is 11.9. The first-order valence-corrected chi connectivity index (χ1v) is 5.81. The van der Waals surface area contributed by atoms with Crippen LogP contribution in [0.5, 0.6) is 0 Å². The van der Waals surface area contributed by atoms with Crippen molar-refractivity contribution < 1.29 is 4.79 Å². The molecule has 18 heavy (non-hydrogen) atoms. The molecule has 0 aliphatic rings. The largest absolute Gasteiger partial charge is 0.396 e. The minimum Gasteiger partial charge on any atom is -0.396 e. The normalized spacial score (nSPS) is 12.1. The summed E-state index contributed by atoms with van der Waals surface area (Å²) in [4.78, 5) is 11.9. The van der Waals surface area contributed by atoms with Crippen molar-refractivity contribution in [3.05, 3.63) is 46.7 Å². The van der Waals surface area contributed by atoms with Gasteiger partial charge < -0.3 is 11.1 Å². The van der Waals surface area contributed by atoms with Gasteiger partial charge in [-0.1, -0.05) is 23.7 Å². The first-order chi connectivity index (χ1) is 8.58. The van der Waals surface area contributed by atoms with Gasteiger partial charge in [-0.2, -0.15) is 5.10 Å². The molecule has 1 atom stereocenters. The number of H-pyrrole nitrogens is 1. The number of benzene rings is 1. The minimum absolute atomic E-state index is 0.141. The zero-order valence-electron chi connectivity index (χ0n) is 9.77. The first-order valence-electron chi connectivity index (χ1n) is 5.43. The molecule has 1 amide bonds. The van der Waals surface area contributed by atoms with E-state index in [9.17, 15) is 4.79 Å². The van der Waals surface area contributed by atoms with E-state index in [2.05, 4.69) is 15.5 Å². The van der Waals surface area contributed by atoms with E-state index in [1.165, 1.54) is 6.20 Å². The number of hydrogen-bond donors (Lipinski definition) is 3. The Kier molecular flexibility index (Phi) is 3.53. The first kappa shape index (κ1) is 12.4. The SMILES string of the molecule is CC(NC(=O)c1[nH]ncc1N)c1ccc(Cl)cc1. The molecule has 2 rings (SSSR count). The summed E-state index contributed by atoms with van der Waals surface area (Å²) in [5.41, 5.74) is 7.17. The van der Waals surface area contributed by atoms with Crippen LogP contribution < -0.4 is 11.1 Å². The molecule has 6 heteroatoms. The highest BCUT2D eigenvalue weighted by Gasteiger charge is 2.15. The number of nitrogens with zero attached hydrogens (tertiary/aromatic N) is 1. The van der Waals surface area contributed by atoms with Gasteiger partial charge >= 0.3 is 0 Å². The number of halogens is 1. The average Bonchev–Trinajstić information content (AvgIpc) is 2.76. The molecule has 1 unspecified atom stereocenters. The highest BCUT2D eigenvalue weighted by Crippen LogP contribution is 2.17. The van der Waals surface area contributed by atoms with Crippen LogP contribution in [0.2, 0.25) is 5.02 Å². The van der Waals surface area contributed by atoms with E-state index in [1.54, 1.807) is 12.1 Å². The summed E-state index contributed by atoms with van der Waals surface area (Å²) < 4.78 is 0. The highest BCUT2D eigenvalue weighted by atomic mass is 35.5. The van der Waals surface area contributed by atoms with E-state index in [1.807, 2.05) is 19.1 Å². The van der Waals surface area contributed by atoms with Gasteiger partial charge in [0.15, 0.2) is 0 Å². The van der Waals surface area contributed by atoms with Gasteiger partial charge in [0.1, 0.15) is 5.69 Å². The van der Waals surface area contributed by atoms with Crippen LogP contribution in [-0.4, -0.2) is 16.1 Å². The van der Waals surface area contributed by atoms with Crippen molar-refractivity contribution in [2.45, 2.75) is 13.0 Å². The molecular formula is C12H13ClN4O. The summed E-state index contributed by atoms with van der Waals surface area (Å²) >= 11 is 5.81. The molecule has 0 spiro atoms. The van der Waals surface area contributed by atoms with Gasteiger partial charge in [-0.05, 0) is 24.6 Å². The van der Waals surface area contributed by atoms with Crippen LogP contribution in [0.3, 0.4) is 0 Å². The predicted octanol–water partition coefficient (Wildman–Crippen LogP) is 2.14. The molecule has 2 aromatic rings. The van der Waals surface area contributed by atoms with E-state index in [0.29, 0.717) is 10.7 Å². The lowest BCUT2D eigenvalue weighted by molar-refractivity contribution is 0.0935. The van der Waals surface area contributed by atoms with Gasteiger partial charge in [0.2, 0.25) is 0 Å². The van der Waals surface area contributed by atoms with Crippen molar-refractivity contribution in [3.8, 4) is 0 Å². The molecule has 0 aliphatic carbocycles. The van der Waals surface area contributed by atoms with Gasteiger partial charge in [0, 0.05) is 5.02 Å². The molecule has 0 saturated heterocycles. The third-order valence-corrected chi connectivity index (χ3v) is 2.87. The molecule has 0 bridgehead atoms. The lowest BCUT2D eigenvalue weighted by Gasteiger charge is -2.13. The van der Waals surface area contributed by atoms with Crippen LogP contribution in [0.25, 0.3) is 0 Å². The Hall–Kier alpha value is -2.01. The zero-order valence-corrected chi connectivity index (χ0v) is 10.5. The zero-order chi connectivity index (χ0) is 13.1. The van der Waals surface area contributed by atoms with Crippen LogP contribution in [0.15, 0.2) is 30.5 Å². The molecule has 94 valence electrons. The van der Waals surface area contributed by atoms with E-state index < -0.39 is 0 Å². The van der Waals surface area contributed by atoms with Crippen LogP contribution in [0.4, 0.5) is 5.69 Å². The quantitative estimate of drug-likeness (QED) is 0.794. The van der Waals surface area contributed by atoms with Gasteiger partial charge in [-0.3, -0.25) is 9.89 Å². The maximum Gasteiger partial charge on any atom is 0.271 e. The molecule has 1 aromatic carbocycles. The number of amides is 1. The summed E-state index contributed by atoms with van der Waals surface area (Å²) in [6, 6.07) is 7.15. The Bertz CT molecular complexity index is 549. The van der Waals surface area contributed by atoms with Crippen molar-refractivity contribution in [2.24, 2.45) is 0 Å². The number of nitrogens with two attached hydrogens (primary N) is 1. The van der Waals surface area contributed by atoms with E-state index in [-0.39, 0.29) is 17.6 Å². The number of aromatic nitrogens is 2. The van der Waals surface area contributed by atoms with Gasteiger partial charge in [-0.25, -0.2) is 0 Å². The molecule has 1 heterocycles. The van der Waals surface area contributed by atoms with Crippen molar-refractivity contribution in [2.75, 3.05) is 5.73 Å². The Labute approximate surface area is 109 Å². The number of carbonyl (C=O) groups excluding carboxylic acids is 1. The number of anilines is 1. The van der Waals surface area contributed by atoms with E-state index in [0.717, 1.165) is 5.56 Å². The number of hydrogen-bond acceptors (Lipinski definition) is 3. The Morgan fingerprint density at radius 2 is 2.11 bits per heavy atom. The maximum atomic E-state index is 11.9. The number of nitrogens with one attached hydrogen (secondary N) is 2. The number of aromatic amines is 1. The molecule has 0 saturated carbocycles. The van der Waals surface area contributed by atoms with Crippen molar-refractivity contribution in [3.63, 3.8) is 0 Å². The summed E-state index contributed by atoms with van der Waals surface area (Å²) in [6.45, 7) is 1.88. The van der Waals surface area contributed by atoms with E-state index in [4.69, 9.17) is 17.3 Å². The summed E-state index contributed by atoms with van der Waals surface area (Å²) in [5.74, 6) is -0.285. The second-order valence-electron chi connectivity index (χ2n) is 3.95. The molecular weight excluding hydrogens is 252 g/mol. The van der Waals surface area contributed by atoms with Crippen molar-refractivity contribution >= 4 is 23.2 Å². The summed E-state index contributed by atoms with van der Waals surface area (Å²) in [5, 5.41) is 9.76. The van der Waals surface area contributed by atoms with Crippen molar-refractivity contribution in [1.82, 2.24) is 15.5 Å². The smallest absolute Gasteiger partial charge is 0.271 e. The molecule has 0 fully saturated rings. The van der Waals surface area contributed by atoms with Gasteiger partial charge in [0.25, 0.3) is 5.91 Å². The fraction of sp³-hybridized carbons (Fsp3) is 0.167. The van der Waals surface area contributed by atoms with Gasteiger partial charge in [-0.15, -0.1) is 0 Å². The molecule has 1 aromatic heterocycles. The van der Waals surface area contributed by atoms with E-state index >= 15 is 0 Å². The second kappa shape index (κ2) is 5.10. The lowest BCUT2D eigenvalue weighted by atomic mass is 10.1. The van der Waals surface area contributed by atoms with Gasteiger partial charge in [0.05, 0.1) is 17.9 Å². The Morgan fingerprint density at radius 3 is 2.67 bits per heavy atom. The topological polar surface area (TPSA) is 83.8 Å². The average molecular weight is 265 g/mol. The third kappa shape index (κ3) is 2.62. The predicted molar refractivity (Wildman–Crippen MR) is 70.3 cm³/mol. The summed E-state index contributed by atoms with van der Waals surface area (Å²) in [7, 11) is 0. The Morgan fingerprint density at radius 1 is 1.44 bits per heavy atom. The molecule has 0 radical (unpaired) electrons. The monoisotopic (exact) mass is 264 g/mol. The van der Waals surface area contributed by atoms with Crippen LogP contribution >= 0.6 is 11.6 Å². The molecule has 5 nitrogen and oxygen atoms in total. The second-order valence-corrected chi connectivity index (χ2v) is 4.38. The number of rotatable bonds is 3. The minimum atomic E-state index is -0.285. The fourth-order valence-electron chi connectivity index (χ4n) is 1.58. The molecule has 4 N–H and O–H groups in total. The lowest BCUT2D eigenvalue weighted by Crippen LogP contribution is -2.27. The number of nitrogen functional groups attached to an aromatic ring is 1. The fourth-order valence-corrected chi connectivity index (χ4v) is 1.71. The third-order valence-electron chi connectivity index (χ3n) is 2.61. The van der Waals surface area contributed by atoms with Crippen LogP contribution in [0, 0.1) is 0 Å². The van der Waals surface area contributed by atoms with Crippen LogP contribution in [0.1, 0.15) is 29.0 Å². The highest BCUT2D eigenvalue weighted by molar-refractivity contribution is 6.30. The van der Waals surface area contributed by atoms with Crippen LogP contribution in [-0.2, 0) is 0 Å². The van der Waals surface area contributed by atoms with Crippen molar-refractivity contribution in [1.29, 1.82) is 0 Å².